The number of thioether (sulfide) groups is 1. The summed E-state index contributed by atoms with van der Waals surface area (Å²) in [6, 6.07) is 16.8. The number of aromatic nitrogens is 2. The van der Waals surface area contributed by atoms with Crippen molar-refractivity contribution in [2.24, 2.45) is 0 Å². The molecule has 7 heteroatoms. The van der Waals surface area contributed by atoms with Gasteiger partial charge in [0.25, 0.3) is 5.56 Å². The van der Waals surface area contributed by atoms with Crippen molar-refractivity contribution in [3.63, 3.8) is 0 Å². The second-order valence-corrected chi connectivity index (χ2v) is 7.23. The van der Waals surface area contributed by atoms with E-state index in [4.69, 9.17) is 0 Å². The lowest BCUT2D eigenvalue weighted by Gasteiger charge is -2.13. The summed E-state index contributed by atoms with van der Waals surface area (Å²) in [5.41, 5.74) is 1.46. The summed E-state index contributed by atoms with van der Waals surface area (Å²) in [7, 11) is 0. The van der Waals surface area contributed by atoms with Gasteiger partial charge in [-0.3, -0.25) is 9.36 Å². The topological polar surface area (TPSA) is 34.9 Å². The first kappa shape index (κ1) is 19.5. The lowest BCUT2D eigenvalue weighted by molar-refractivity contribution is -0.129. The first-order chi connectivity index (χ1) is 12.9. The molecule has 0 bridgehead atoms. The molecule has 0 unspecified atom stereocenters. The number of nitrogens with zero attached hydrogens (tertiary/aromatic N) is 2. The highest BCUT2D eigenvalue weighted by Gasteiger charge is 2.26. The summed E-state index contributed by atoms with van der Waals surface area (Å²) < 4.78 is 38.9. The molecule has 142 valence electrons. The minimum absolute atomic E-state index is 0.160. The molecular formula is C20H19F3N2OS. The van der Waals surface area contributed by atoms with Crippen LogP contribution in [0.5, 0.6) is 0 Å². The van der Waals surface area contributed by atoms with Gasteiger partial charge in [-0.1, -0.05) is 54.2 Å². The van der Waals surface area contributed by atoms with E-state index >= 15 is 0 Å². The Hall–Kier alpha value is -2.28. The molecule has 3 nitrogen and oxygen atoms in total. The number of benzene rings is 2. The second kappa shape index (κ2) is 8.61. The molecule has 1 heterocycles. The maximum atomic E-state index is 12.8. The molecule has 0 saturated heterocycles. The Morgan fingerprint density at radius 3 is 2.44 bits per heavy atom. The number of halogens is 3. The normalized spacial score (nSPS) is 11.8. The van der Waals surface area contributed by atoms with Crippen molar-refractivity contribution in [3.05, 3.63) is 70.5 Å². The van der Waals surface area contributed by atoms with Gasteiger partial charge in [-0.05, 0) is 30.5 Å². The molecule has 0 saturated carbocycles. The van der Waals surface area contributed by atoms with E-state index in [2.05, 4.69) is 4.98 Å². The zero-order chi connectivity index (χ0) is 19.3. The summed E-state index contributed by atoms with van der Waals surface area (Å²) in [5.74, 6) is -0.160. The zero-order valence-corrected chi connectivity index (χ0v) is 15.4. The fraction of sp³-hybridized carbons (Fsp3) is 0.300. The predicted octanol–water partition coefficient (Wildman–Crippen LogP) is 5.07. The zero-order valence-electron chi connectivity index (χ0n) is 14.6. The summed E-state index contributed by atoms with van der Waals surface area (Å²) in [6.07, 6.45) is -3.64. The first-order valence-electron chi connectivity index (χ1n) is 8.67. The van der Waals surface area contributed by atoms with E-state index in [1.54, 1.807) is 24.3 Å². The van der Waals surface area contributed by atoms with Crippen molar-refractivity contribution < 1.29 is 13.2 Å². The molecule has 3 aromatic rings. The smallest absolute Gasteiger partial charge is 0.287 e. The number of aryl methyl sites for hydroxylation is 1. The second-order valence-electron chi connectivity index (χ2n) is 6.17. The van der Waals surface area contributed by atoms with Crippen LogP contribution in [0.1, 0.15) is 18.4 Å². The van der Waals surface area contributed by atoms with E-state index in [-0.39, 0.29) is 11.3 Å². The Balaban J connectivity index is 1.82. The first-order valence-corrected chi connectivity index (χ1v) is 9.66. The van der Waals surface area contributed by atoms with Crippen LogP contribution in [0.2, 0.25) is 0 Å². The fourth-order valence-electron chi connectivity index (χ4n) is 2.80. The van der Waals surface area contributed by atoms with Crippen LogP contribution in [0.3, 0.4) is 0 Å². The van der Waals surface area contributed by atoms with E-state index in [0.29, 0.717) is 29.0 Å². The third-order valence-electron chi connectivity index (χ3n) is 4.13. The minimum atomic E-state index is -4.22. The van der Waals surface area contributed by atoms with E-state index in [1.807, 2.05) is 30.3 Å². The Bertz CT molecular complexity index is 955. The molecule has 0 aliphatic rings. The van der Waals surface area contributed by atoms with Crippen LogP contribution >= 0.6 is 11.8 Å². The summed E-state index contributed by atoms with van der Waals surface area (Å²) >= 11 is 0.981. The monoisotopic (exact) mass is 392 g/mol. The number of hydrogen-bond acceptors (Lipinski definition) is 3. The number of fused-ring (bicyclic) bond motifs is 1. The van der Waals surface area contributed by atoms with Crippen molar-refractivity contribution in [1.82, 2.24) is 9.55 Å². The van der Waals surface area contributed by atoms with Crippen LogP contribution in [0, 0.1) is 0 Å². The van der Waals surface area contributed by atoms with Crippen molar-refractivity contribution in [1.29, 1.82) is 0 Å². The molecule has 27 heavy (non-hydrogen) atoms. The van der Waals surface area contributed by atoms with Gasteiger partial charge in [0.2, 0.25) is 0 Å². The third-order valence-corrected chi connectivity index (χ3v) is 5.11. The molecule has 1 aromatic heterocycles. The maximum Gasteiger partial charge on any atom is 0.389 e. The Morgan fingerprint density at radius 2 is 1.70 bits per heavy atom. The molecule has 0 aliphatic carbocycles. The van der Waals surface area contributed by atoms with Crippen LogP contribution in [0.25, 0.3) is 10.9 Å². The summed E-state index contributed by atoms with van der Waals surface area (Å²) in [5, 5.41) is 0.827. The average Bonchev–Trinajstić information content (AvgIpc) is 2.64. The van der Waals surface area contributed by atoms with Crippen LogP contribution in [0.4, 0.5) is 13.2 Å². The Morgan fingerprint density at radius 1 is 1.00 bits per heavy atom. The highest BCUT2D eigenvalue weighted by atomic mass is 32.2. The largest absolute Gasteiger partial charge is 0.389 e. The van der Waals surface area contributed by atoms with Gasteiger partial charge >= 0.3 is 6.18 Å². The number of rotatable bonds is 7. The van der Waals surface area contributed by atoms with Crippen LogP contribution < -0.4 is 5.56 Å². The van der Waals surface area contributed by atoms with Crippen molar-refractivity contribution >= 4 is 22.7 Å². The van der Waals surface area contributed by atoms with Gasteiger partial charge in [-0.25, -0.2) is 4.98 Å². The molecule has 0 fully saturated rings. The van der Waals surface area contributed by atoms with Gasteiger partial charge in [0.05, 0.1) is 17.3 Å². The molecule has 0 aliphatic heterocycles. The predicted molar refractivity (Wildman–Crippen MR) is 102 cm³/mol. The fourth-order valence-corrected chi connectivity index (χ4v) is 3.81. The molecule has 2 aromatic carbocycles. The van der Waals surface area contributed by atoms with Crippen molar-refractivity contribution in [2.45, 2.75) is 37.1 Å². The van der Waals surface area contributed by atoms with Gasteiger partial charge in [-0.2, -0.15) is 13.2 Å². The maximum absolute atomic E-state index is 12.8. The molecule has 0 atom stereocenters. The van der Waals surface area contributed by atoms with Gasteiger partial charge < -0.3 is 0 Å². The lowest BCUT2D eigenvalue weighted by atomic mass is 10.1. The lowest BCUT2D eigenvalue weighted by Crippen LogP contribution is -2.24. The summed E-state index contributed by atoms with van der Waals surface area (Å²) in [4.78, 5) is 17.3. The van der Waals surface area contributed by atoms with Gasteiger partial charge in [0, 0.05) is 12.3 Å². The minimum Gasteiger partial charge on any atom is -0.287 e. The Labute approximate surface area is 159 Å². The summed E-state index contributed by atoms with van der Waals surface area (Å²) in [6.45, 7) is 0.417. The highest BCUT2D eigenvalue weighted by molar-refractivity contribution is 7.99. The molecule has 3 rings (SSSR count). The van der Waals surface area contributed by atoms with Gasteiger partial charge in [0.1, 0.15) is 0 Å². The van der Waals surface area contributed by atoms with E-state index in [9.17, 15) is 18.0 Å². The molecule has 0 N–H and O–H groups in total. The SMILES string of the molecule is O=c1c2ccccc2nc(SCCC(F)(F)F)n1CCCc1ccccc1. The van der Waals surface area contributed by atoms with E-state index in [1.165, 1.54) is 4.57 Å². The highest BCUT2D eigenvalue weighted by Crippen LogP contribution is 2.25. The average molecular weight is 392 g/mol. The van der Waals surface area contributed by atoms with Gasteiger partial charge in [-0.15, -0.1) is 0 Å². The van der Waals surface area contributed by atoms with Gasteiger partial charge in [0.15, 0.2) is 5.16 Å². The van der Waals surface area contributed by atoms with Crippen molar-refractivity contribution in [3.8, 4) is 0 Å². The van der Waals surface area contributed by atoms with Crippen LogP contribution in [-0.2, 0) is 13.0 Å². The van der Waals surface area contributed by atoms with E-state index < -0.39 is 12.6 Å². The molecule has 0 radical (unpaired) electrons. The van der Waals surface area contributed by atoms with Crippen molar-refractivity contribution in [2.75, 3.05) is 5.75 Å². The standard InChI is InChI=1S/C20H19F3N2OS/c21-20(22,23)12-14-27-19-24-17-11-5-4-10-16(17)18(26)25(19)13-6-9-15-7-2-1-3-8-15/h1-5,7-8,10-11H,6,9,12-14H2. The van der Waals surface area contributed by atoms with E-state index in [0.717, 1.165) is 23.7 Å². The number of alkyl halides is 3. The molecule has 0 spiro atoms. The third kappa shape index (κ3) is 5.35. The number of para-hydroxylation sites is 1. The number of hydrogen-bond donors (Lipinski definition) is 0. The van der Waals surface area contributed by atoms with Crippen LogP contribution in [0.15, 0.2) is 64.5 Å². The quantitative estimate of drug-likeness (QED) is 0.416. The van der Waals surface area contributed by atoms with Crippen LogP contribution in [-0.4, -0.2) is 21.5 Å². The molecule has 0 amide bonds. The molecular weight excluding hydrogens is 373 g/mol. The Kier molecular flexibility index (Phi) is 6.21.